The Morgan fingerprint density at radius 1 is 1.47 bits per heavy atom. The van der Waals surface area contributed by atoms with Gasteiger partial charge in [-0.15, -0.1) is 5.10 Å². The molecular formula is C13H13BrN4S. The van der Waals surface area contributed by atoms with Crippen molar-refractivity contribution in [1.82, 2.24) is 14.6 Å². The Labute approximate surface area is 123 Å². The summed E-state index contributed by atoms with van der Waals surface area (Å²) in [6.45, 7) is 2.14. The highest BCUT2D eigenvalue weighted by molar-refractivity contribution is 9.10. The normalized spacial score (nSPS) is 12.7. The van der Waals surface area contributed by atoms with Crippen LogP contribution < -0.4 is 5.32 Å². The molecule has 1 N–H and O–H groups in total. The van der Waals surface area contributed by atoms with Gasteiger partial charge in [0.05, 0.1) is 4.47 Å². The highest BCUT2D eigenvalue weighted by Crippen LogP contribution is 2.17. The maximum atomic E-state index is 4.48. The molecule has 0 aliphatic rings. The Morgan fingerprint density at radius 2 is 2.37 bits per heavy atom. The molecule has 0 fully saturated rings. The molecular weight excluding hydrogens is 324 g/mol. The van der Waals surface area contributed by atoms with Gasteiger partial charge < -0.3 is 5.32 Å². The summed E-state index contributed by atoms with van der Waals surface area (Å²) in [7, 11) is 0. The molecule has 0 aliphatic heterocycles. The molecule has 1 unspecified atom stereocenters. The quantitative estimate of drug-likeness (QED) is 0.791. The Morgan fingerprint density at radius 3 is 3.11 bits per heavy atom. The second kappa shape index (κ2) is 5.30. The Hall–Kier alpha value is -1.40. The minimum Gasteiger partial charge on any atom is -0.350 e. The van der Waals surface area contributed by atoms with Crippen LogP contribution in [0.1, 0.15) is 12.5 Å². The maximum Gasteiger partial charge on any atom is 0.243 e. The van der Waals surface area contributed by atoms with Crippen molar-refractivity contribution in [2.45, 2.75) is 19.4 Å². The van der Waals surface area contributed by atoms with Crippen LogP contribution in [-0.4, -0.2) is 20.6 Å². The van der Waals surface area contributed by atoms with Crippen molar-refractivity contribution < 1.29 is 0 Å². The van der Waals surface area contributed by atoms with Gasteiger partial charge in [-0.3, -0.25) is 0 Å². The third-order valence-electron chi connectivity index (χ3n) is 2.81. The van der Waals surface area contributed by atoms with Crippen LogP contribution in [0.2, 0.25) is 0 Å². The van der Waals surface area contributed by atoms with Gasteiger partial charge in [0.1, 0.15) is 0 Å². The first-order chi connectivity index (χ1) is 9.22. The van der Waals surface area contributed by atoms with Crippen LogP contribution in [0, 0.1) is 0 Å². The monoisotopic (exact) mass is 336 g/mol. The first-order valence-electron chi connectivity index (χ1n) is 6.01. The lowest BCUT2D eigenvalue weighted by Crippen LogP contribution is -2.18. The van der Waals surface area contributed by atoms with Crippen LogP contribution in [0.3, 0.4) is 0 Å². The highest BCUT2D eigenvalue weighted by Gasteiger charge is 2.09. The summed E-state index contributed by atoms with van der Waals surface area (Å²) in [5.41, 5.74) is 2.17. The van der Waals surface area contributed by atoms with E-state index in [0.29, 0.717) is 12.0 Å². The zero-order valence-corrected chi connectivity index (χ0v) is 12.8. The second-order valence-corrected chi connectivity index (χ2v) is 6.08. The number of pyridine rings is 1. The van der Waals surface area contributed by atoms with E-state index in [0.717, 1.165) is 16.5 Å². The first-order valence-corrected chi connectivity index (χ1v) is 7.74. The number of nitrogens with one attached hydrogen (secondary N) is 1. The van der Waals surface area contributed by atoms with E-state index in [1.54, 1.807) is 15.9 Å². The molecule has 0 aliphatic carbocycles. The van der Waals surface area contributed by atoms with Crippen molar-refractivity contribution in [3.63, 3.8) is 0 Å². The first kappa shape index (κ1) is 12.6. The number of hydrogen-bond donors (Lipinski definition) is 1. The highest BCUT2D eigenvalue weighted by atomic mass is 79.9. The SMILES string of the molecule is CC(Cc1ccsc1)Nc1nc2c(Br)cccn2n1. The topological polar surface area (TPSA) is 42.2 Å². The summed E-state index contributed by atoms with van der Waals surface area (Å²) in [6, 6.07) is 6.34. The zero-order valence-electron chi connectivity index (χ0n) is 10.4. The molecule has 0 radical (unpaired) electrons. The standard InChI is InChI=1S/C13H13BrN4S/c1-9(7-10-4-6-19-8-10)15-13-16-12-11(14)3-2-5-18(12)17-13/h2-6,8-9H,7H2,1H3,(H,15,17). The lowest BCUT2D eigenvalue weighted by Gasteiger charge is -2.10. The van der Waals surface area contributed by atoms with Crippen LogP contribution in [0.5, 0.6) is 0 Å². The number of nitrogens with zero attached hydrogens (tertiary/aromatic N) is 3. The van der Waals surface area contributed by atoms with Crippen molar-refractivity contribution in [3.05, 3.63) is 45.2 Å². The second-order valence-electron chi connectivity index (χ2n) is 4.44. The van der Waals surface area contributed by atoms with Crippen molar-refractivity contribution in [1.29, 1.82) is 0 Å². The Kier molecular flexibility index (Phi) is 3.52. The fraction of sp³-hybridized carbons (Fsp3) is 0.231. The van der Waals surface area contributed by atoms with Crippen LogP contribution in [0.15, 0.2) is 39.6 Å². The van der Waals surface area contributed by atoms with Gasteiger partial charge >= 0.3 is 0 Å². The molecule has 19 heavy (non-hydrogen) atoms. The number of rotatable bonds is 4. The molecule has 3 aromatic heterocycles. The van der Waals surface area contributed by atoms with Gasteiger partial charge in [-0.05, 0) is 63.8 Å². The Bertz CT molecular complexity index is 677. The molecule has 3 aromatic rings. The van der Waals surface area contributed by atoms with E-state index in [1.165, 1.54) is 5.56 Å². The molecule has 4 nitrogen and oxygen atoms in total. The fourth-order valence-corrected chi connectivity index (χ4v) is 3.07. The Balaban J connectivity index is 1.76. The van der Waals surface area contributed by atoms with Gasteiger partial charge in [-0.2, -0.15) is 16.3 Å². The third kappa shape index (κ3) is 2.79. The summed E-state index contributed by atoms with van der Waals surface area (Å²) in [5.74, 6) is 0.662. The molecule has 6 heteroatoms. The largest absolute Gasteiger partial charge is 0.350 e. The molecule has 98 valence electrons. The number of hydrogen-bond acceptors (Lipinski definition) is 4. The molecule has 3 rings (SSSR count). The number of halogens is 1. The fourth-order valence-electron chi connectivity index (χ4n) is 1.97. The summed E-state index contributed by atoms with van der Waals surface area (Å²) >= 11 is 5.20. The van der Waals surface area contributed by atoms with Gasteiger partial charge in [0.15, 0.2) is 5.65 Å². The van der Waals surface area contributed by atoms with Crippen LogP contribution in [0.25, 0.3) is 5.65 Å². The summed E-state index contributed by atoms with van der Waals surface area (Å²) < 4.78 is 2.71. The smallest absolute Gasteiger partial charge is 0.243 e. The van der Waals surface area contributed by atoms with Gasteiger partial charge in [-0.25, -0.2) is 4.52 Å². The number of aromatic nitrogens is 3. The lowest BCUT2D eigenvalue weighted by atomic mass is 10.1. The van der Waals surface area contributed by atoms with Gasteiger partial charge in [0.2, 0.25) is 5.95 Å². The number of anilines is 1. The van der Waals surface area contributed by atoms with Crippen molar-refractivity contribution in [2.75, 3.05) is 5.32 Å². The third-order valence-corrected chi connectivity index (χ3v) is 4.16. The van der Waals surface area contributed by atoms with E-state index in [9.17, 15) is 0 Å². The van der Waals surface area contributed by atoms with Gasteiger partial charge in [-0.1, -0.05) is 0 Å². The summed E-state index contributed by atoms with van der Waals surface area (Å²) in [4.78, 5) is 4.48. The van der Waals surface area contributed by atoms with E-state index in [1.807, 2.05) is 18.3 Å². The van der Waals surface area contributed by atoms with E-state index in [4.69, 9.17) is 0 Å². The zero-order chi connectivity index (χ0) is 13.2. The van der Waals surface area contributed by atoms with Crippen LogP contribution in [0.4, 0.5) is 5.95 Å². The van der Waals surface area contributed by atoms with E-state index in [2.05, 4.69) is 55.1 Å². The molecule has 0 spiro atoms. The summed E-state index contributed by atoms with van der Waals surface area (Å²) in [6.07, 6.45) is 2.86. The minimum absolute atomic E-state index is 0.297. The van der Waals surface area contributed by atoms with Crippen LogP contribution >= 0.6 is 27.3 Å². The number of thiophene rings is 1. The predicted octanol–water partition coefficient (Wildman–Crippen LogP) is 3.60. The van der Waals surface area contributed by atoms with Gasteiger partial charge in [0.25, 0.3) is 0 Å². The van der Waals surface area contributed by atoms with Crippen molar-refractivity contribution in [2.24, 2.45) is 0 Å². The molecule has 0 saturated heterocycles. The predicted molar refractivity (Wildman–Crippen MR) is 81.8 cm³/mol. The molecule has 0 saturated carbocycles. The molecule has 1 atom stereocenters. The van der Waals surface area contributed by atoms with Crippen molar-refractivity contribution in [3.8, 4) is 0 Å². The lowest BCUT2D eigenvalue weighted by molar-refractivity contribution is 0.777. The van der Waals surface area contributed by atoms with Gasteiger partial charge in [0, 0.05) is 12.2 Å². The molecule has 0 bridgehead atoms. The average Bonchev–Trinajstić information content (AvgIpc) is 2.98. The molecule has 0 amide bonds. The van der Waals surface area contributed by atoms with Crippen molar-refractivity contribution >= 4 is 38.9 Å². The maximum absolute atomic E-state index is 4.48. The van der Waals surface area contributed by atoms with E-state index in [-0.39, 0.29) is 0 Å². The number of fused-ring (bicyclic) bond motifs is 1. The average molecular weight is 337 g/mol. The minimum atomic E-state index is 0.297. The van der Waals surface area contributed by atoms with Crippen LogP contribution in [-0.2, 0) is 6.42 Å². The summed E-state index contributed by atoms with van der Waals surface area (Å²) in [5, 5.41) is 12.0. The van der Waals surface area contributed by atoms with E-state index >= 15 is 0 Å². The van der Waals surface area contributed by atoms with E-state index < -0.39 is 0 Å². The molecule has 3 heterocycles. The molecule has 0 aromatic carbocycles.